The maximum Gasteiger partial charge on any atom is 0.251 e. The number of aromatic amines is 1. The van der Waals surface area contributed by atoms with Crippen LogP contribution in [0, 0.1) is 6.92 Å². The predicted molar refractivity (Wildman–Crippen MR) is 76.5 cm³/mol. The first-order valence-electron chi connectivity index (χ1n) is 6.04. The molecule has 2 aromatic heterocycles. The average Bonchev–Trinajstić information content (AvgIpc) is 2.80. The number of aromatic nitrogens is 2. The molecule has 0 amide bonds. The molecule has 102 valence electrons. The molecule has 5 nitrogen and oxygen atoms in total. The minimum atomic E-state index is -0.126. The molecule has 2 N–H and O–H groups in total. The number of thiophene rings is 1. The number of ether oxygens (including phenoxy) is 1. The van der Waals surface area contributed by atoms with E-state index in [1.54, 1.807) is 18.4 Å². The van der Waals surface area contributed by atoms with Crippen LogP contribution in [0.1, 0.15) is 11.3 Å². The maximum absolute atomic E-state index is 11.7. The average molecular weight is 279 g/mol. The minimum Gasteiger partial charge on any atom is -0.383 e. The number of aryl methyl sites for hydroxylation is 1. The van der Waals surface area contributed by atoms with Crippen molar-refractivity contribution in [3.05, 3.63) is 38.4 Å². The zero-order chi connectivity index (χ0) is 13.7. The first kappa shape index (κ1) is 13.9. The summed E-state index contributed by atoms with van der Waals surface area (Å²) in [5.74, 6) is 0.634. The van der Waals surface area contributed by atoms with E-state index in [0.29, 0.717) is 19.0 Å². The third kappa shape index (κ3) is 3.73. The third-order valence-electron chi connectivity index (χ3n) is 2.69. The molecule has 0 spiro atoms. The Bertz CT molecular complexity index is 592. The fraction of sp³-hybridized carbons (Fsp3) is 0.385. The molecule has 2 rings (SSSR count). The Morgan fingerprint density at radius 2 is 2.32 bits per heavy atom. The molecule has 0 aliphatic rings. The zero-order valence-corrected chi connectivity index (χ0v) is 11.8. The smallest absolute Gasteiger partial charge is 0.251 e. The quantitative estimate of drug-likeness (QED) is 0.787. The first-order chi connectivity index (χ1) is 9.20. The molecule has 2 heterocycles. The lowest BCUT2D eigenvalue weighted by atomic mass is 10.2. The monoisotopic (exact) mass is 279 g/mol. The van der Waals surface area contributed by atoms with Crippen LogP contribution in [0.5, 0.6) is 0 Å². The van der Waals surface area contributed by atoms with E-state index < -0.39 is 0 Å². The van der Waals surface area contributed by atoms with Crippen LogP contribution in [-0.2, 0) is 11.3 Å². The number of methoxy groups -OCH3 is 1. The van der Waals surface area contributed by atoms with Crippen molar-refractivity contribution in [2.75, 3.05) is 20.3 Å². The number of nitrogens with one attached hydrogen (secondary N) is 2. The van der Waals surface area contributed by atoms with Gasteiger partial charge in [-0.05, 0) is 17.9 Å². The van der Waals surface area contributed by atoms with Gasteiger partial charge in [-0.2, -0.15) is 11.3 Å². The zero-order valence-electron chi connectivity index (χ0n) is 11.0. The van der Waals surface area contributed by atoms with E-state index in [-0.39, 0.29) is 5.56 Å². The molecule has 0 bridgehead atoms. The van der Waals surface area contributed by atoms with Gasteiger partial charge in [-0.3, -0.25) is 4.79 Å². The summed E-state index contributed by atoms with van der Waals surface area (Å²) in [4.78, 5) is 18.9. The summed E-state index contributed by atoms with van der Waals surface area (Å²) in [6.07, 6.45) is 0. The highest BCUT2D eigenvalue weighted by Gasteiger charge is 2.07. The van der Waals surface area contributed by atoms with Crippen molar-refractivity contribution in [1.82, 2.24) is 15.3 Å². The first-order valence-corrected chi connectivity index (χ1v) is 6.98. The van der Waals surface area contributed by atoms with E-state index in [0.717, 1.165) is 23.4 Å². The minimum absolute atomic E-state index is 0.126. The molecule has 0 aliphatic heterocycles. The molecule has 6 heteroatoms. The highest BCUT2D eigenvalue weighted by Crippen LogP contribution is 2.22. The van der Waals surface area contributed by atoms with Crippen LogP contribution in [0.15, 0.2) is 21.6 Å². The molecule has 0 aliphatic carbocycles. The van der Waals surface area contributed by atoms with Crippen LogP contribution in [0.25, 0.3) is 11.4 Å². The molecule has 19 heavy (non-hydrogen) atoms. The second kappa shape index (κ2) is 6.60. The van der Waals surface area contributed by atoms with Crippen molar-refractivity contribution in [2.45, 2.75) is 13.5 Å². The molecule has 0 saturated heterocycles. The van der Waals surface area contributed by atoms with Crippen LogP contribution < -0.4 is 10.9 Å². The highest BCUT2D eigenvalue weighted by molar-refractivity contribution is 7.08. The highest BCUT2D eigenvalue weighted by atomic mass is 32.1. The van der Waals surface area contributed by atoms with Crippen LogP contribution in [0.4, 0.5) is 0 Å². The topological polar surface area (TPSA) is 67.0 Å². The van der Waals surface area contributed by atoms with Gasteiger partial charge in [-0.15, -0.1) is 0 Å². The summed E-state index contributed by atoms with van der Waals surface area (Å²) >= 11 is 1.60. The Morgan fingerprint density at radius 3 is 3.00 bits per heavy atom. The maximum atomic E-state index is 11.7. The molecular formula is C13H17N3O2S. The predicted octanol–water partition coefficient (Wildman–Crippen LogP) is 1.54. The standard InChI is InChI=1S/C13H17N3O2S/c1-9-7-19-8-11(9)13-15-10(5-12(17)16-13)6-14-3-4-18-2/h5,7-8,14H,3-4,6H2,1-2H3,(H,15,16,17). The fourth-order valence-electron chi connectivity index (χ4n) is 1.72. The lowest BCUT2D eigenvalue weighted by molar-refractivity contribution is 0.199. The van der Waals surface area contributed by atoms with Gasteiger partial charge < -0.3 is 15.0 Å². The van der Waals surface area contributed by atoms with Gasteiger partial charge in [0.1, 0.15) is 5.82 Å². The molecule has 0 fully saturated rings. The SMILES string of the molecule is COCCNCc1cc(=O)[nH]c(-c2cscc2C)n1. The van der Waals surface area contributed by atoms with Crippen molar-refractivity contribution in [3.8, 4) is 11.4 Å². The number of H-pyrrole nitrogens is 1. The van der Waals surface area contributed by atoms with E-state index in [4.69, 9.17) is 4.74 Å². The van der Waals surface area contributed by atoms with Crippen molar-refractivity contribution in [1.29, 1.82) is 0 Å². The van der Waals surface area contributed by atoms with Crippen LogP contribution >= 0.6 is 11.3 Å². The summed E-state index contributed by atoms with van der Waals surface area (Å²) in [6, 6.07) is 1.52. The third-order valence-corrected chi connectivity index (χ3v) is 3.56. The van der Waals surface area contributed by atoms with E-state index in [9.17, 15) is 4.79 Å². The Hall–Kier alpha value is -1.50. The normalized spacial score (nSPS) is 10.8. The van der Waals surface area contributed by atoms with Crippen molar-refractivity contribution in [2.24, 2.45) is 0 Å². The van der Waals surface area contributed by atoms with E-state index >= 15 is 0 Å². The largest absolute Gasteiger partial charge is 0.383 e. The molecule has 0 radical (unpaired) electrons. The van der Waals surface area contributed by atoms with E-state index in [1.807, 2.05) is 17.7 Å². The molecule has 0 saturated carbocycles. The number of rotatable bonds is 6. The van der Waals surface area contributed by atoms with E-state index in [1.165, 1.54) is 6.07 Å². The summed E-state index contributed by atoms with van der Waals surface area (Å²) in [6.45, 7) is 3.94. The van der Waals surface area contributed by atoms with Gasteiger partial charge in [0.2, 0.25) is 0 Å². The Morgan fingerprint density at radius 1 is 1.47 bits per heavy atom. The molecule has 0 atom stereocenters. The lowest BCUT2D eigenvalue weighted by Crippen LogP contribution is -2.21. The Kier molecular flexibility index (Phi) is 4.84. The van der Waals surface area contributed by atoms with Gasteiger partial charge in [0.15, 0.2) is 0 Å². The van der Waals surface area contributed by atoms with E-state index in [2.05, 4.69) is 15.3 Å². The lowest BCUT2D eigenvalue weighted by Gasteiger charge is -2.05. The van der Waals surface area contributed by atoms with Crippen LogP contribution in [0.3, 0.4) is 0 Å². The molecular weight excluding hydrogens is 262 g/mol. The van der Waals surface area contributed by atoms with Gasteiger partial charge in [0.25, 0.3) is 5.56 Å². The second-order valence-corrected chi connectivity index (χ2v) is 4.97. The number of hydrogen-bond acceptors (Lipinski definition) is 5. The number of hydrogen-bond donors (Lipinski definition) is 2. The molecule has 2 aromatic rings. The Balaban J connectivity index is 2.16. The van der Waals surface area contributed by atoms with Crippen LogP contribution in [0.2, 0.25) is 0 Å². The van der Waals surface area contributed by atoms with Crippen molar-refractivity contribution >= 4 is 11.3 Å². The van der Waals surface area contributed by atoms with Crippen molar-refractivity contribution in [3.63, 3.8) is 0 Å². The molecule has 0 aromatic carbocycles. The van der Waals surface area contributed by atoms with Gasteiger partial charge in [-0.25, -0.2) is 4.98 Å². The fourth-order valence-corrected chi connectivity index (χ4v) is 2.55. The van der Waals surface area contributed by atoms with Gasteiger partial charge in [0, 0.05) is 37.2 Å². The summed E-state index contributed by atoms with van der Waals surface area (Å²) in [5.41, 5.74) is 2.72. The van der Waals surface area contributed by atoms with Gasteiger partial charge >= 0.3 is 0 Å². The Labute approximate surface area is 115 Å². The van der Waals surface area contributed by atoms with Gasteiger partial charge in [-0.1, -0.05) is 0 Å². The molecule has 0 unspecified atom stereocenters. The summed E-state index contributed by atoms with van der Waals surface area (Å²) in [7, 11) is 1.66. The summed E-state index contributed by atoms with van der Waals surface area (Å²) < 4.78 is 4.95. The van der Waals surface area contributed by atoms with Crippen LogP contribution in [-0.4, -0.2) is 30.2 Å². The summed E-state index contributed by atoms with van der Waals surface area (Å²) in [5, 5.41) is 7.22. The second-order valence-electron chi connectivity index (χ2n) is 4.22. The van der Waals surface area contributed by atoms with Crippen molar-refractivity contribution < 1.29 is 4.74 Å². The number of nitrogens with zero attached hydrogens (tertiary/aromatic N) is 1. The van der Waals surface area contributed by atoms with Gasteiger partial charge in [0.05, 0.1) is 12.3 Å².